The van der Waals surface area contributed by atoms with Crippen molar-refractivity contribution in [3.05, 3.63) is 35.4 Å². The molecule has 1 atom stereocenters. The summed E-state index contributed by atoms with van der Waals surface area (Å²) in [4.78, 5) is 12.2. The lowest BCUT2D eigenvalue weighted by Crippen LogP contribution is -2.41. The summed E-state index contributed by atoms with van der Waals surface area (Å²) in [6.07, 6.45) is 4.00. The number of amides is 1. The zero-order valence-corrected chi connectivity index (χ0v) is 12.4. The second-order valence-electron chi connectivity index (χ2n) is 6.10. The van der Waals surface area contributed by atoms with Gasteiger partial charge in [0.25, 0.3) is 0 Å². The summed E-state index contributed by atoms with van der Waals surface area (Å²) in [6.45, 7) is 4.05. The van der Waals surface area contributed by atoms with E-state index in [1.54, 1.807) is 0 Å². The summed E-state index contributed by atoms with van der Waals surface area (Å²) in [6, 6.07) is 8.60. The minimum Gasteiger partial charge on any atom is -0.393 e. The Hall–Kier alpha value is -1.35. The molecule has 0 radical (unpaired) electrons. The van der Waals surface area contributed by atoms with Gasteiger partial charge < -0.3 is 10.4 Å². The third-order valence-corrected chi connectivity index (χ3v) is 4.15. The van der Waals surface area contributed by atoms with E-state index in [9.17, 15) is 9.90 Å². The smallest absolute Gasteiger partial charge is 0.223 e. The number of hydrogen-bond donors (Lipinski definition) is 2. The molecule has 0 aliphatic heterocycles. The summed E-state index contributed by atoms with van der Waals surface area (Å²) in [7, 11) is 0. The molecule has 0 heterocycles. The molecule has 0 bridgehead atoms. The molecule has 0 aromatic heterocycles. The van der Waals surface area contributed by atoms with Gasteiger partial charge in [0.1, 0.15) is 0 Å². The Bertz CT molecular complexity index is 433. The quantitative estimate of drug-likeness (QED) is 0.887. The summed E-state index contributed by atoms with van der Waals surface area (Å²) in [5.74, 6) is 0.122. The van der Waals surface area contributed by atoms with Gasteiger partial charge in [0.2, 0.25) is 5.91 Å². The van der Waals surface area contributed by atoms with Gasteiger partial charge in [-0.3, -0.25) is 4.79 Å². The molecule has 1 aromatic carbocycles. The van der Waals surface area contributed by atoms with Crippen molar-refractivity contribution in [2.24, 2.45) is 5.92 Å². The normalized spacial score (nSPS) is 24.1. The Balaban J connectivity index is 1.81. The van der Waals surface area contributed by atoms with Crippen LogP contribution in [-0.4, -0.2) is 23.2 Å². The number of rotatable bonds is 4. The summed E-state index contributed by atoms with van der Waals surface area (Å²) in [5, 5.41) is 12.6. The van der Waals surface area contributed by atoms with E-state index in [2.05, 4.69) is 36.5 Å². The predicted molar refractivity (Wildman–Crippen MR) is 80.5 cm³/mol. The van der Waals surface area contributed by atoms with Crippen LogP contribution in [0.1, 0.15) is 43.7 Å². The van der Waals surface area contributed by atoms with Crippen LogP contribution in [0.25, 0.3) is 0 Å². The Morgan fingerprint density at radius 3 is 2.45 bits per heavy atom. The van der Waals surface area contributed by atoms with Crippen LogP contribution in [0.5, 0.6) is 0 Å². The number of carbonyl (C=O) groups excluding carboxylic acids is 1. The van der Waals surface area contributed by atoms with Crippen LogP contribution in [-0.2, 0) is 11.2 Å². The fourth-order valence-corrected chi connectivity index (χ4v) is 2.73. The second kappa shape index (κ2) is 6.89. The van der Waals surface area contributed by atoms with E-state index in [0.29, 0.717) is 0 Å². The van der Waals surface area contributed by atoms with Gasteiger partial charge in [-0.1, -0.05) is 36.8 Å². The largest absolute Gasteiger partial charge is 0.393 e. The molecular formula is C17H25NO2. The molecule has 1 amide bonds. The number of aryl methyl sites for hydroxylation is 1. The van der Waals surface area contributed by atoms with Crippen molar-refractivity contribution in [2.45, 2.75) is 58.1 Å². The van der Waals surface area contributed by atoms with E-state index in [1.807, 2.05) is 6.92 Å². The van der Waals surface area contributed by atoms with Gasteiger partial charge in [-0.25, -0.2) is 0 Å². The molecule has 1 aliphatic rings. The molecule has 1 unspecified atom stereocenters. The molecule has 0 saturated heterocycles. The van der Waals surface area contributed by atoms with Crippen LogP contribution < -0.4 is 5.32 Å². The first-order valence-electron chi connectivity index (χ1n) is 7.58. The van der Waals surface area contributed by atoms with Crippen LogP contribution >= 0.6 is 0 Å². The lowest BCUT2D eigenvalue weighted by atomic mass is 9.92. The lowest BCUT2D eigenvalue weighted by molar-refractivity contribution is -0.125. The molecule has 0 spiro atoms. The average molecular weight is 275 g/mol. The number of aliphatic hydroxyl groups is 1. The van der Waals surface area contributed by atoms with Crippen LogP contribution in [0.3, 0.4) is 0 Å². The SMILES string of the molecule is Cc1ccc(CC(C)C(=O)NC2CCC(O)CC2)cc1. The van der Waals surface area contributed by atoms with Gasteiger partial charge in [-0.05, 0) is 44.6 Å². The Morgan fingerprint density at radius 1 is 1.25 bits per heavy atom. The Labute approximate surface area is 121 Å². The van der Waals surface area contributed by atoms with Gasteiger partial charge in [-0.15, -0.1) is 0 Å². The predicted octanol–water partition coefficient (Wildman–Crippen LogP) is 2.59. The first kappa shape index (κ1) is 15.0. The summed E-state index contributed by atoms with van der Waals surface area (Å²) < 4.78 is 0. The topological polar surface area (TPSA) is 49.3 Å². The van der Waals surface area contributed by atoms with Crippen LogP contribution in [0.2, 0.25) is 0 Å². The van der Waals surface area contributed by atoms with Gasteiger partial charge in [0.05, 0.1) is 6.10 Å². The van der Waals surface area contributed by atoms with E-state index in [4.69, 9.17) is 0 Å². The van der Waals surface area contributed by atoms with Crippen LogP contribution in [0.4, 0.5) is 0 Å². The molecule has 1 aromatic rings. The maximum Gasteiger partial charge on any atom is 0.223 e. The first-order valence-corrected chi connectivity index (χ1v) is 7.58. The zero-order valence-electron chi connectivity index (χ0n) is 12.4. The van der Waals surface area contributed by atoms with Crippen molar-refractivity contribution in [1.82, 2.24) is 5.32 Å². The molecule has 1 saturated carbocycles. The van der Waals surface area contributed by atoms with Gasteiger partial charge in [0.15, 0.2) is 0 Å². The van der Waals surface area contributed by atoms with Crippen molar-refractivity contribution in [3.63, 3.8) is 0 Å². The number of benzene rings is 1. The third-order valence-electron chi connectivity index (χ3n) is 4.15. The van der Waals surface area contributed by atoms with E-state index >= 15 is 0 Å². The molecule has 3 nitrogen and oxygen atoms in total. The summed E-state index contributed by atoms with van der Waals surface area (Å²) in [5.41, 5.74) is 2.45. The van der Waals surface area contributed by atoms with E-state index < -0.39 is 0 Å². The Morgan fingerprint density at radius 2 is 1.85 bits per heavy atom. The van der Waals surface area contributed by atoms with E-state index in [-0.39, 0.29) is 24.0 Å². The lowest BCUT2D eigenvalue weighted by Gasteiger charge is -2.27. The molecule has 2 rings (SSSR count). The van der Waals surface area contributed by atoms with Crippen molar-refractivity contribution in [2.75, 3.05) is 0 Å². The second-order valence-corrected chi connectivity index (χ2v) is 6.10. The van der Waals surface area contributed by atoms with Crippen LogP contribution in [0.15, 0.2) is 24.3 Å². The van der Waals surface area contributed by atoms with Crippen molar-refractivity contribution in [1.29, 1.82) is 0 Å². The maximum atomic E-state index is 12.2. The first-order chi connectivity index (χ1) is 9.54. The highest BCUT2D eigenvalue weighted by Gasteiger charge is 2.22. The third kappa shape index (κ3) is 4.34. The maximum absolute atomic E-state index is 12.2. The number of aliphatic hydroxyl groups excluding tert-OH is 1. The fourth-order valence-electron chi connectivity index (χ4n) is 2.73. The fraction of sp³-hybridized carbons (Fsp3) is 0.588. The molecule has 20 heavy (non-hydrogen) atoms. The number of carbonyl (C=O) groups is 1. The molecular weight excluding hydrogens is 250 g/mol. The highest BCUT2D eigenvalue weighted by Crippen LogP contribution is 2.19. The van der Waals surface area contributed by atoms with E-state index in [1.165, 1.54) is 11.1 Å². The zero-order chi connectivity index (χ0) is 14.5. The van der Waals surface area contributed by atoms with Gasteiger partial charge in [0, 0.05) is 12.0 Å². The van der Waals surface area contributed by atoms with Crippen molar-refractivity contribution < 1.29 is 9.90 Å². The number of nitrogens with one attached hydrogen (secondary N) is 1. The van der Waals surface area contributed by atoms with Crippen molar-refractivity contribution >= 4 is 5.91 Å². The molecule has 1 fully saturated rings. The molecule has 110 valence electrons. The minimum atomic E-state index is -0.173. The highest BCUT2D eigenvalue weighted by molar-refractivity contribution is 5.78. The van der Waals surface area contributed by atoms with Gasteiger partial charge >= 0.3 is 0 Å². The van der Waals surface area contributed by atoms with Crippen molar-refractivity contribution in [3.8, 4) is 0 Å². The van der Waals surface area contributed by atoms with Gasteiger partial charge in [-0.2, -0.15) is 0 Å². The monoisotopic (exact) mass is 275 g/mol. The molecule has 1 aliphatic carbocycles. The van der Waals surface area contributed by atoms with Crippen LogP contribution in [0, 0.1) is 12.8 Å². The minimum absolute atomic E-state index is 0.00967. The highest BCUT2D eigenvalue weighted by atomic mass is 16.3. The van der Waals surface area contributed by atoms with E-state index in [0.717, 1.165) is 32.1 Å². The number of hydrogen-bond acceptors (Lipinski definition) is 2. The standard InChI is InChI=1S/C17H25NO2/c1-12-3-5-14(6-4-12)11-13(2)17(20)18-15-7-9-16(19)10-8-15/h3-6,13,15-16,19H,7-11H2,1-2H3,(H,18,20). The molecule has 2 N–H and O–H groups in total. The summed E-state index contributed by atoms with van der Waals surface area (Å²) >= 11 is 0. The molecule has 3 heteroatoms. The average Bonchev–Trinajstić information content (AvgIpc) is 2.44. The Kier molecular flexibility index (Phi) is 5.18.